The van der Waals surface area contributed by atoms with Gasteiger partial charge in [0, 0.05) is 23.9 Å². The molecule has 0 aromatic carbocycles. The van der Waals surface area contributed by atoms with E-state index >= 15 is 0 Å². The van der Waals surface area contributed by atoms with Crippen molar-refractivity contribution in [1.29, 1.82) is 0 Å². The van der Waals surface area contributed by atoms with E-state index in [1.165, 1.54) is 50.8 Å². The van der Waals surface area contributed by atoms with E-state index in [4.69, 9.17) is 0 Å². The van der Waals surface area contributed by atoms with Crippen LogP contribution in [0, 0.1) is 5.92 Å². The molecule has 92 valence electrons. The van der Waals surface area contributed by atoms with Crippen molar-refractivity contribution in [3.63, 3.8) is 0 Å². The summed E-state index contributed by atoms with van der Waals surface area (Å²) in [6.45, 7) is 1.20. The van der Waals surface area contributed by atoms with Crippen molar-refractivity contribution < 1.29 is 0 Å². The van der Waals surface area contributed by atoms with Crippen LogP contribution in [0.4, 0.5) is 0 Å². The normalized spacial score (nSPS) is 29.9. The Labute approximate surface area is 104 Å². The highest BCUT2D eigenvalue weighted by atomic mass is 15.0. The third-order valence-electron chi connectivity index (χ3n) is 4.36. The second kappa shape index (κ2) is 4.77. The van der Waals surface area contributed by atoms with Gasteiger partial charge in [-0.05, 0) is 50.3 Å². The van der Waals surface area contributed by atoms with Gasteiger partial charge in [0.15, 0.2) is 0 Å². The Morgan fingerprint density at radius 1 is 1.24 bits per heavy atom. The van der Waals surface area contributed by atoms with E-state index in [0.29, 0.717) is 5.54 Å². The summed E-state index contributed by atoms with van der Waals surface area (Å²) in [6.07, 6.45) is 11.3. The van der Waals surface area contributed by atoms with Crippen LogP contribution >= 0.6 is 0 Å². The molecule has 1 aromatic rings. The van der Waals surface area contributed by atoms with E-state index < -0.39 is 0 Å². The molecule has 2 nitrogen and oxygen atoms in total. The average Bonchev–Trinajstić information content (AvgIpc) is 3.18. The molecule has 1 N–H and O–H groups in total. The van der Waals surface area contributed by atoms with Gasteiger partial charge >= 0.3 is 0 Å². The van der Waals surface area contributed by atoms with Crippen LogP contribution in [0.5, 0.6) is 0 Å². The fraction of sp³-hybridized carbons (Fsp3) is 0.667. The van der Waals surface area contributed by atoms with Crippen molar-refractivity contribution in [3.05, 3.63) is 30.1 Å². The van der Waals surface area contributed by atoms with Crippen LogP contribution < -0.4 is 5.32 Å². The first-order valence-corrected chi connectivity index (χ1v) is 7.04. The third-order valence-corrected chi connectivity index (χ3v) is 4.36. The fourth-order valence-electron chi connectivity index (χ4n) is 3.27. The number of nitrogens with zero attached hydrogens (tertiary/aromatic N) is 1. The lowest BCUT2D eigenvalue weighted by Gasteiger charge is -2.34. The maximum atomic E-state index is 4.52. The highest BCUT2D eigenvalue weighted by molar-refractivity contribution is 5.13. The lowest BCUT2D eigenvalue weighted by molar-refractivity contribution is 0.268. The lowest BCUT2D eigenvalue weighted by atomic mass is 9.83. The van der Waals surface area contributed by atoms with Gasteiger partial charge in [0.05, 0.1) is 0 Å². The average molecular weight is 230 g/mol. The number of aromatic nitrogens is 1. The van der Waals surface area contributed by atoms with Crippen LogP contribution in [0.1, 0.15) is 44.2 Å². The van der Waals surface area contributed by atoms with Gasteiger partial charge in [0.1, 0.15) is 0 Å². The van der Waals surface area contributed by atoms with Crippen molar-refractivity contribution >= 4 is 0 Å². The summed E-state index contributed by atoms with van der Waals surface area (Å²) < 4.78 is 0. The molecule has 1 aliphatic heterocycles. The molecule has 2 fully saturated rings. The Balaban J connectivity index is 1.79. The molecule has 1 aromatic heterocycles. The molecule has 1 unspecified atom stereocenters. The largest absolute Gasteiger partial charge is 0.311 e. The maximum Gasteiger partial charge on any atom is 0.0422 e. The Hall–Kier alpha value is -0.890. The first-order chi connectivity index (χ1) is 8.39. The summed E-state index contributed by atoms with van der Waals surface area (Å²) in [6, 6.07) is 6.30. The summed E-state index contributed by atoms with van der Waals surface area (Å²) in [4.78, 5) is 4.52. The van der Waals surface area contributed by atoms with Gasteiger partial charge in [0.2, 0.25) is 0 Å². The smallest absolute Gasteiger partial charge is 0.0422 e. The maximum absolute atomic E-state index is 4.52. The molecule has 17 heavy (non-hydrogen) atoms. The van der Waals surface area contributed by atoms with Gasteiger partial charge in [-0.15, -0.1) is 0 Å². The molecule has 1 atom stereocenters. The predicted octanol–water partition coefficient (Wildman–Crippen LogP) is 2.94. The van der Waals surface area contributed by atoms with Gasteiger partial charge in [-0.25, -0.2) is 0 Å². The van der Waals surface area contributed by atoms with E-state index in [2.05, 4.69) is 22.4 Å². The molecule has 1 saturated heterocycles. The van der Waals surface area contributed by atoms with Crippen LogP contribution in [-0.4, -0.2) is 17.1 Å². The lowest BCUT2D eigenvalue weighted by Crippen LogP contribution is -2.48. The molecule has 1 saturated carbocycles. The molecule has 1 aliphatic carbocycles. The summed E-state index contributed by atoms with van der Waals surface area (Å²) in [5.74, 6) is 0.905. The van der Waals surface area contributed by atoms with Crippen LogP contribution in [0.15, 0.2) is 24.4 Å². The Morgan fingerprint density at radius 3 is 2.94 bits per heavy atom. The summed E-state index contributed by atoms with van der Waals surface area (Å²) >= 11 is 0. The molecule has 0 amide bonds. The zero-order chi connectivity index (χ0) is 11.6. The van der Waals surface area contributed by atoms with Crippen molar-refractivity contribution in [2.75, 3.05) is 6.54 Å². The van der Waals surface area contributed by atoms with E-state index in [1.807, 2.05) is 12.3 Å². The quantitative estimate of drug-likeness (QED) is 0.863. The van der Waals surface area contributed by atoms with Gasteiger partial charge in [-0.2, -0.15) is 0 Å². The van der Waals surface area contributed by atoms with Crippen LogP contribution in [0.3, 0.4) is 0 Å². The molecule has 2 heterocycles. The van der Waals surface area contributed by atoms with Crippen molar-refractivity contribution in [2.45, 2.75) is 50.5 Å². The Bertz CT molecular complexity index is 348. The standard InChI is InChI=1S/C15H22N2/c1-3-9-15(13-7-8-13,17-11-4-1)12-14-6-2-5-10-16-14/h2,5-6,10,13,17H,1,3-4,7-9,11-12H2. The first-order valence-electron chi connectivity index (χ1n) is 7.04. The van der Waals surface area contributed by atoms with Gasteiger partial charge in [-0.3, -0.25) is 4.98 Å². The molecular weight excluding hydrogens is 208 g/mol. The van der Waals surface area contributed by atoms with Gasteiger partial charge in [0.25, 0.3) is 0 Å². The zero-order valence-electron chi connectivity index (χ0n) is 10.5. The minimum absolute atomic E-state index is 0.366. The van der Waals surface area contributed by atoms with E-state index in [-0.39, 0.29) is 0 Å². The Morgan fingerprint density at radius 2 is 2.18 bits per heavy atom. The topological polar surface area (TPSA) is 24.9 Å². The van der Waals surface area contributed by atoms with Crippen LogP contribution in [-0.2, 0) is 6.42 Å². The van der Waals surface area contributed by atoms with Crippen molar-refractivity contribution in [2.24, 2.45) is 5.92 Å². The zero-order valence-corrected chi connectivity index (χ0v) is 10.5. The van der Waals surface area contributed by atoms with E-state index in [1.54, 1.807) is 0 Å². The second-order valence-electron chi connectivity index (χ2n) is 5.67. The minimum atomic E-state index is 0.366. The highest BCUT2D eigenvalue weighted by Gasteiger charge is 2.44. The fourth-order valence-corrected chi connectivity index (χ4v) is 3.27. The summed E-state index contributed by atoms with van der Waals surface area (Å²) in [7, 11) is 0. The summed E-state index contributed by atoms with van der Waals surface area (Å²) in [5, 5.41) is 3.87. The molecule has 0 spiro atoms. The second-order valence-corrected chi connectivity index (χ2v) is 5.67. The highest BCUT2D eigenvalue weighted by Crippen LogP contribution is 2.44. The third kappa shape index (κ3) is 2.52. The first kappa shape index (κ1) is 11.2. The Kier molecular flexibility index (Phi) is 3.15. The number of rotatable bonds is 3. The predicted molar refractivity (Wildman–Crippen MR) is 69.9 cm³/mol. The molecule has 0 radical (unpaired) electrons. The van der Waals surface area contributed by atoms with E-state index in [9.17, 15) is 0 Å². The minimum Gasteiger partial charge on any atom is -0.311 e. The van der Waals surface area contributed by atoms with Crippen LogP contribution in [0.25, 0.3) is 0 Å². The van der Waals surface area contributed by atoms with Gasteiger partial charge < -0.3 is 5.32 Å². The monoisotopic (exact) mass is 230 g/mol. The molecule has 2 aliphatic rings. The van der Waals surface area contributed by atoms with Crippen molar-refractivity contribution in [1.82, 2.24) is 10.3 Å². The SMILES string of the molecule is c1ccc(CC2(C3CC3)CCCCCN2)nc1. The summed E-state index contributed by atoms with van der Waals surface area (Å²) in [5.41, 5.74) is 1.62. The number of hydrogen-bond acceptors (Lipinski definition) is 2. The molecule has 2 heteroatoms. The van der Waals surface area contributed by atoms with Crippen LogP contribution in [0.2, 0.25) is 0 Å². The van der Waals surface area contributed by atoms with Gasteiger partial charge in [-0.1, -0.05) is 18.9 Å². The van der Waals surface area contributed by atoms with E-state index in [0.717, 1.165) is 12.3 Å². The number of nitrogens with one attached hydrogen (secondary N) is 1. The number of hydrogen-bond donors (Lipinski definition) is 1. The molecule has 3 rings (SSSR count). The molecule has 0 bridgehead atoms. The number of pyridine rings is 1. The molecular formula is C15H22N2. The van der Waals surface area contributed by atoms with Crippen molar-refractivity contribution in [3.8, 4) is 0 Å².